The summed E-state index contributed by atoms with van der Waals surface area (Å²) in [6, 6.07) is 4.21. The van der Waals surface area contributed by atoms with E-state index in [0.29, 0.717) is 0 Å². The van der Waals surface area contributed by atoms with E-state index in [1.165, 1.54) is 18.2 Å². The van der Waals surface area contributed by atoms with Gasteiger partial charge in [-0.1, -0.05) is 23.7 Å². The summed E-state index contributed by atoms with van der Waals surface area (Å²) in [6.07, 6.45) is 0. The zero-order chi connectivity index (χ0) is 11.2. The lowest BCUT2D eigenvalue weighted by Crippen LogP contribution is -1.98. The Hall–Kier alpha value is -1.81. The van der Waals surface area contributed by atoms with Crippen molar-refractivity contribution in [3.8, 4) is 5.75 Å². The third-order valence-electron chi connectivity index (χ3n) is 2.17. The second-order valence-corrected chi connectivity index (χ2v) is 3.40. The number of aliphatic carboxylic acids is 1. The summed E-state index contributed by atoms with van der Waals surface area (Å²) in [4.78, 5) is 22.4. The van der Waals surface area contributed by atoms with E-state index < -0.39 is 11.8 Å². The van der Waals surface area contributed by atoms with Gasteiger partial charge in [0, 0.05) is 5.56 Å². The Kier molecular flexibility index (Phi) is 2.01. The number of halogens is 1. The van der Waals surface area contributed by atoms with Crippen molar-refractivity contribution in [1.82, 2.24) is 0 Å². The van der Waals surface area contributed by atoms with Crippen LogP contribution in [-0.4, -0.2) is 22.0 Å². The lowest BCUT2D eigenvalue weighted by atomic mass is 10.0. The number of phenols is 1. The summed E-state index contributed by atoms with van der Waals surface area (Å²) in [5.41, 5.74) is -0.134. The van der Waals surface area contributed by atoms with Gasteiger partial charge in [0.1, 0.15) is 10.8 Å². The number of ketones is 1. The van der Waals surface area contributed by atoms with Gasteiger partial charge in [0.25, 0.3) is 0 Å². The lowest BCUT2D eigenvalue weighted by molar-refractivity contribution is -0.130. The van der Waals surface area contributed by atoms with Crippen LogP contribution in [0.15, 0.2) is 23.2 Å². The third kappa shape index (κ3) is 1.22. The average molecular weight is 225 g/mol. The van der Waals surface area contributed by atoms with Gasteiger partial charge in [-0.15, -0.1) is 0 Å². The van der Waals surface area contributed by atoms with Crippen molar-refractivity contribution in [3.63, 3.8) is 0 Å². The molecule has 0 fully saturated rings. The topological polar surface area (TPSA) is 74.6 Å². The first kappa shape index (κ1) is 9.73. The van der Waals surface area contributed by atoms with Gasteiger partial charge in [-0.25, -0.2) is 4.79 Å². The number of carboxylic acids is 1. The van der Waals surface area contributed by atoms with E-state index in [0.717, 1.165) is 0 Å². The normalized spacial score (nSPS) is 14.3. The minimum Gasteiger partial charge on any atom is -0.507 e. The number of rotatable bonds is 1. The van der Waals surface area contributed by atoms with Gasteiger partial charge in [-0.3, -0.25) is 4.79 Å². The first-order chi connectivity index (χ1) is 7.04. The molecule has 0 saturated heterocycles. The predicted molar refractivity (Wildman–Crippen MR) is 52.8 cm³/mol. The molecule has 1 aliphatic carbocycles. The largest absolute Gasteiger partial charge is 0.507 e. The van der Waals surface area contributed by atoms with Gasteiger partial charge >= 0.3 is 5.97 Å². The molecule has 0 heterocycles. The Morgan fingerprint density at radius 3 is 2.60 bits per heavy atom. The Bertz CT molecular complexity index is 516. The first-order valence-electron chi connectivity index (χ1n) is 4.04. The van der Waals surface area contributed by atoms with Gasteiger partial charge in [-0.2, -0.15) is 0 Å². The molecule has 0 saturated carbocycles. The zero-order valence-electron chi connectivity index (χ0n) is 7.32. The molecule has 0 radical (unpaired) electrons. The Balaban J connectivity index is 2.78. The molecule has 0 unspecified atom stereocenters. The van der Waals surface area contributed by atoms with Crippen LogP contribution in [0.25, 0.3) is 5.57 Å². The number of hydrogen-bond donors (Lipinski definition) is 2. The second-order valence-electron chi connectivity index (χ2n) is 3.02. The van der Waals surface area contributed by atoms with Gasteiger partial charge < -0.3 is 10.2 Å². The summed E-state index contributed by atoms with van der Waals surface area (Å²) >= 11 is 5.60. The molecule has 0 aliphatic heterocycles. The quantitative estimate of drug-likeness (QED) is 0.760. The van der Waals surface area contributed by atoms with Gasteiger partial charge in [0.2, 0.25) is 5.78 Å². The number of phenolic OH excluding ortho intramolecular Hbond substituents is 1. The zero-order valence-corrected chi connectivity index (χ0v) is 8.08. The molecule has 0 spiro atoms. The molecule has 0 atom stereocenters. The van der Waals surface area contributed by atoms with Crippen LogP contribution in [-0.2, 0) is 4.79 Å². The van der Waals surface area contributed by atoms with E-state index in [1.807, 2.05) is 0 Å². The highest BCUT2D eigenvalue weighted by molar-refractivity contribution is 6.55. The number of benzene rings is 1. The summed E-state index contributed by atoms with van der Waals surface area (Å²) in [6.45, 7) is 0. The highest BCUT2D eigenvalue weighted by Crippen LogP contribution is 2.39. The van der Waals surface area contributed by atoms with Crippen LogP contribution in [0.4, 0.5) is 0 Å². The van der Waals surface area contributed by atoms with Crippen LogP contribution in [0.5, 0.6) is 5.75 Å². The number of carbonyl (C=O) groups excluding carboxylic acids is 1. The average Bonchev–Trinajstić information content (AvgIpc) is 2.41. The van der Waals surface area contributed by atoms with Crippen LogP contribution in [0.1, 0.15) is 15.9 Å². The van der Waals surface area contributed by atoms with Crippen molar-refractivity contribution in [2.45, 2.75) is 0 Å². The molecule has 0 aromatic heterocycles. The highest BCUT2D eigenvalue weighted by Gasteiger charge is 2.34. The second kappa shape index (κ2) is 3.10. The number of allylic oxidation sites excluding steroid dienone is 1. The van der Waals surface area contributed by atoms with Crippen LogP contribution >= 0.6 is 11.6 Å². The lowest BCUT2D eigenvalue weighted by Gasteiger charge is -2.01. The van der Waals surface area contributed by atoms with Gasteiger partial charge in [-0.05, 0) is 6.07 Å². The van der Waals surface area contributed by atoms with E-state index in [2.05, 4.69) is 0 Å². The molecular formula is C10H5ClO4. The van der Waals surface area contributed by atoms with E-state index in [-0.39, 0.29) is 27.5 Å². The standard InChI is InChI=1S/C10H5ClO4/c11-8-7(10(14)15)4-2-1-3-5(12)6(4)9(8)13/h1-3,12H,(H,14,15). The number of carbonyl (C=O) groups is 2. The molecule has 2 rings (SSSR count). The van der Waals surface area contributed by atoms with Crippen molar-refractivity contribution < 1.29 is 19.8 Å². The first-order valence-corrected chi connectivity index (χ1v) is 4.42. The number of fused-ring (bicyclic) bond motifs is 1. The monoisotopic (exact) mass is 224 g/mol. The molecule has 2 N–H and O–H groups in total. The SMILES string of the molecule is O=C(O)C1=C(Cl)C(=O)c2c(O)cccc21. The van der Waals surface area contributed by atoms with Gasteiger partial charge in [0.05, 0.1) is 11.1 Å². The molecule has 1 aromatic carbocycles. The number of aromatic hydroxyl groups is 1. The molecule has 76 valence electrons. The van der Waals surface area contributed by atoms with Crippen molar-refractivity contribution in [2.75, 3.05) is 0 Å². The molecular weight excluding hydrogens is 220 g/mol. The van der Waals surface area contributed by atoms with Gasteiger partial charge in [0.15, 0.2) is 0 Å². The number of hydrogen-bond acceptors (Lipinski definition) is 3. The predicted octanol–water partition coefficient (Wildman–Crippen LogP) is 1.62. The van der Waals surface area contributed by atoms with Crippen LogP contribution < -0.4 is 0 Å². The maximum atomic E-state index is 11.5. The van der Waals surface area contributed by atoms with Crippen molar-refractivity contribution >= 4 is 28.9 Å². The number of carboxylic acid groups (broad SMARTS) is 1. The van der Waals surface area contributed by atoms with E-state index >= 15 is 0 Å². The molecule has 5 heteroatoms. The minimum absolute atomic E-state index is 0.0418. The molecule has 0 bridgehead atoms. The van der Waals surface area contributed by atoms with Crippen molar-refractivity contribution in [3.05, 3.63) is 34.4 Å². The summed E-state index contributed by atoms with van der Waals surface area (Å²) in [5, 5.41) is 17.9. The fraction of sp³-hybridized carbons (Fsp3) is 0. The highest BCUT2D eigenvalue weighted by atomic mass is 35.5. The Morgan fingerprint density at radius 2 is 2.00 bits per heavy atom. The van der Waals surface area contributed by atoms with E-state index in [4.69, 9.17) is 16.7 Å². The Morgan fingerprint density at radius 1 is 1.33 bits per heavy atom. The molecule has 1 aromatic rings. The van der Waals surface area contributed by atoms with E-state index in [1.54, 1.807) is 0 Å². The fourth-order valence-electron chi connectivity index (χ4n) is 1.54. The van der Waals surface area contributed by atoms with Crippen molar-refractivity contribution in [2.24, 2.45) is 0 Å². The van der Waals surface area contributed by atoms with Crippen LogP contribution in [0.2, 0.25) is 0 Å². The molecule has 15 heavy (non-hydrogen) atoms. The molecule has 0 amide bonds. The number of Topliss-reactive ketones (excluding diaryl/α,β-unsaturated/α-hetero) is 1. The smallest absolute Gasteiger partial charge is 0.338 e. The minimum atomic E-state index is -1.28. The Labute approximate surface area is 89.4 Å². The van der Waals surface area contributed by atoms with Crippen molar-refractivity contribution in [1.29, 1.82) is 0 Å². The van der Waals surface area contributed by atoms with Crippen LogP contribution in [0, 0.1) is 0 Å². The fourth-order valence-corrected chi connectivity index (χ4v) is 1.81. The summed E-state index contributed by atoms with van der Waals surface area (Å²) in [7, 11) is 0. The maximum absolute atomic E-state index is 11.5. The maximum Gasteiger partial charge on any atom is 0.338 e. The summed E-state index contributed by atoms with van der Waals surface area (Å²) in [5.74, 6) is -2.19. The van der Waals surface area contributed by atoms with E-state index in [9.17, 15) is 14.7 Å². The summed E-state index contributed by atoms with van der Waals surface area (Å²) < 4.78 is 0. The molecule has 4 nitrogen and oxygen atoms in total. The van der Waals surface area contributed by atoms with Crippen LogP contribution in [0.3, 0.4) is 0 Å². The third-order valence-corrected chi connectivity index (χ3v) is 2.53. The molecule has 1 aliphatic rings.